The second-order valence-corrected chi connectivity index (χ2v) is 15.1. The maximum absolute atomic E-state index is 7.50. The number of rotatable bonds is 11. The van der Waals surface area contributed by atoms with E-state index in [-0.39, 0.29) is 35.3 Å². The standard InChI is InChI=1S/C28H40O7Si.3CO.Cr/c1-11-12-32-18(2)20-14-22-23(34-17-33-22)15-21(20)25-19(16-35-36(9,10)28(3,4)5)13-24(29-6)26(30-7)27(25)31-8;3*1-2;/h11,13-15,18H,1,12,16-17H2,2-10H3;;;;/t18-;;;;/m1..../s1. The first kappa shape index (κ1) is 42.2. The molecule has 0 spiro atoms. The van der Waals surface area contributed by atoms with Crippen molar-refractivity contribution in [1.82, 2.24) is 0 Å². The summed E-state index contributed by atoms with van der Waals surface area (Å²) >= 11 is 0. The van der Waals surface area contributed by atoms with Crippen molar-refractivity contribution in [2.75, 3.05) is 34.7 Å². The second kappa shape index (κ2) is 20.1. The third-order valence-electron chi connectivity index (χ3n) is 7.02. The first-order valence-electron chi connectivity index (χ1n) is 12.7. The maximum Gasteiger partial charge on any atom is 0 e. The van der Waals surface area contributed by atoms with E-state index in [1.165, 1.54) is 0 Å². The Hall–Kier alpha value is -2.93. The van der Waals surface area contributed by atoms with Crippen LogP contribution in [0.3, 0.4) is 0 Å². The SMILES string of the molecule is C=CCO[C@H](C)c1cc2c(cc1-c1c(CO[Si](C)(C)C(C)(C)C)cc(OC)c(OC)c1OC)OCO2.[C-]#[O+].[C-]#[O+].[C-]#[O+].[Cr]. The van der Waals surface area contributed by atoms with E-state index in [0.29, 0.717) is 42.0 Å². The van der Waals surface area contributed by atoms with Crippen molar-refractivity contribution in [2.45, 2.75) is 58.5 Å². The molecule has 10 nitrogen and oxygen atoms in total. The van der Waals surface area contributed by atoms with Crippen LogP contribution in [0.5, 0.6) is 28.7 Å². The number of hydrogen-bond acceptors (Lipinski definition) is 7. The van der Waals surface area contributed by atoms with Crippen LogP contribution in [0, 0.1) is 20.0 Å². The van der Waals surface area contributed by atoms with E-state index in [1.807, 2.05) is 25.1 Å². The van der Waals surface area contributed by atoms with Crippen LogP contribution in [0.1, 0.15) is 44.9 Å². The largest absolute Gasteiger partial charge is 0 e. The smallest absolute Gasteiger partial charge is 0 e. The van der Waals surface area contributed by atoms with E-state index in [2.05, 4.69) is 60.4 Å². The third kappa shape index (κ3) is 10.3. The molecule has 0 amide bonds. The van der Waals surface area contributed by atoms with Crippen LogP contribution >= 0.6 is 0 Å². The van der Waals surface area contributed by atoms with Gasteiger partial charge in [-0.05, 0) is 59.9 Å². The quantitative estimate of drug-likeness (QED) is 0.113. The molecule has 3 rings (SSSR count). The molecule has 0 saturated heterocycles. The topological polar surface area (TPSA) is 124 Å². The predicted octanol–water partition coefficient (Wildman–Crippen LogP) is 6.78. The van der Waals surface area contributed by atoms with E-state index in [4.69, 9.17) is 46.8 Å². The van der Waals surface area contributed by atoms with Crippen molar-refractivity contribution < 1.29 is 64.2 Å². The normalized spacial score (nSPS) is 11.8. The Labute approximate surface area is 267 Å². The molecule has 0 aromatic heterocycles. The minimum absolute atomic E-state index is 0. The zero-order chi connectivity index (χ0) is 32.7. The van der Waals surface area contributed by atoms with Crippen molar-refractivity contribution in [3.63, 3.8) is 0 Å². The maximum atomic E-state index is 7.50. The molecule has 1 atom stereocenters. The molecule has 2 aromatic rings. The van der Waals surface area contributed by atoms with Crippen LogP contribution in [0.2, 0.25) is 18.1 Å². The van der Waals surface area contributed by atoms with Crippen molar-refractivity contribution in [3.8, 4) is 39.9 Å². The molecule has 234 valence electrons. The average molecular weight is 653 g/mol. The predicted molar refractivity (Wildman–Crippen MR) is 156 cm³/mol. The summed E-state index contributed by atoms with van der Waals surface area (Å²) in [5, 5.41) is 0.0603. The summed E-state index contributed by atoms with van der Waals surface area (Å²) < 4.78 is 64.0. The van der Waals surface area contributed by atoms with Gasteiger partial charge in [0.05, 0.1) is 40.6 Å². The molecule has 43 heavy (non-hydrogen) atoms. The Morgan fingerprint density at radius 3 is 1.93 bits per heavy atom. The Morgan fingerprint density at radius 2 is 1.47 bits per heavy atom. The van der Waals surface area contributed by atoms with Crippen LogP contribution in [-0.2, 0) is 47.1 Å². The fourth-order valence-electron chi connectivity index (χ4n) is 3.90. The van der Waals surface area contributed by atoms with Gasteiger partial charge < -0.3 is 32.8 Å². The molecule has 0 radical (unpaired) electrons. The van der Waals surface area contributed by atoms with Gasteiger partial charge in [0.2, 0.25) is 12.5 Å². The third-order valence-corrected chi connectivity index (χ3v) is 11.5. The van der Waals surface area contributed by atoms with Crippen LogP contribution in [0.4, 0.5) is 0 Å². The molecule has 1 aliphatic heterocycles. The molecule has 2 aromatic carbocycles. The molecule has 0 saturated carbocycles. The van der Waals surface area contributed by atoms with Gasteiger partial charge in [-0.1, -0.05) is 26.8 Å². The molecule has 0 N–H and O–H groups in total. The molecule has 1 heterocycles. The second-order valence-electron chi connectivity index (χ2n) is 10.3. The van der Waals surface area contributed by atoms with E-state index in [0.717, 1.165) is 22.3 Å². The zero-order valence-electron chi connectivity index (χ0n) is 26.2. The van der Waals surface area contributed by atoms with Crippen molar-refractivity contribution in [2.24, 2.45) is 0 Å². The van der Waals surface area contributed by atoms with Gasteiger partial charge in [-0.3, -0.25) is 0 Å². The molecule has 0 unspecified atom stereocenters. The van der Waals surface area contributed by atoms with Gasteiger partial charge >= 0.3 is 33.9 Å². The molecule has 1 aliphatic rings. The fourth-order valence-corrected chi connectivity index (χ4v) is 4.85. The molecular weight excluding hydrogens is 612 g/mol. The summed E-state index contributed by atoms with van der Waals surface area (Å²) in [6.45, 7) is 31.4. The average Bonchev–Trinajstić information content (AvgIpc) is 3.47. The molecule has 0 fully saturated rings. The van der Waals surface area contributed by atoms with Gasteiger partial charge in [-0.15, -0.1) is 6.58 Å². The Morgan fingerprint density at radius 1 is 0.930 bits per heavy atom. The van der Waals surface area contributed by atoms with Crippen LogP contribution < -0.4 is 23.7 Å². The van der Waals surface area contributed by atoms with Crippen LogP contribution in [0.15, 0.2) is 30.9 Å². The minimum Gasteiger partial charge on any atom is 0 e. The summed E-state index contributed by atoms with van der Waals surface area (Å²) in [5.74, 6) is 2.99. The van der Waals surface area contributed by atoms with Gasteiger partial charge in [-0.25, -0.2) is 0 Å². The summed E-state index contributed by atoms with van der Waals surface area (Å²) in [7, 11) is 2.80. The first-order valence-corrected chi connectivity index (χ1v) is 15.6. The molecule has 0 aliphatic carbocycles. The van der Waals surface area contributed by atoms with Crippen molar-refractivity contribution in [3.05, 3.63) is 61.9 Å². The summed E-state index contributed by atoms with van der Waals surface area (Å²) in [4.78, 5) is 0. The van der Waals surface area contributed by atoms with E-state index in [9.17, 15) is 0 Å². The zero-order valence-corrected chi connectivity index (χ0v) is 28.5. The van der Waals surface area contributed by atoms with Gasteiger partial charge in [0.25, 0.3) is 0 Å². The first-order chi connectivity index (χ1) is 20.0. The number of hydrogen-bond donors (Lipinski definition) is 0. The number of methoxy groups -OCH3 is 3. The monoisotopic (exact) mass is 652 g/mol. The van der Waals surface area contributed by atoms with E-state index >= 15 is 0 Å². The van der Waals surface area contributed by atoms with Crippen molar-refractivity contribution in [1.29, 1.82) is 0 Å². The van der Waals surface area contributed by atoms with Crippen molar-refractivity contribution >= 4 is 8.32 Å². The summed E-state index contributed by atoms with van der Waals surface area (Å²) in [5.41, 5.74) is 3.59. The Balaban J connectivity index is 0. The van der Waals surface area contributed by atoms with Crippen LogP contribution in [-0.4, -0.2) is 43.0 Å². The van der Waals surface area contributed by atoms with Gasteiger partial charge in [0, 0.05) is 22.9 Å². The number of fused-ring (bicyclic) bond motifs is 1. The van der Waals surface area contributed by atoms with Crippen LogP contribution in [0.25, 0.3) is 11.1 Å². The molecule has 12 heteroatoms. The number of benzene rings is 2. The Bertz CT molecular complexity index is 1220. The number of ether oxygens (including phenoxy) is 6. The Kier molecular flexibility index (Phi) is 19.7. The summed E-state index contributed by atoms with van der Waals surface area (Å²) in [6, 6.07) is 5.92. The van der Waals surface area contributed by atoms with E-state index in [1.54, 1.807) is 27.4 Å². The van der Waals surface area contributed by atoms with E-state index < -0.39 is 8.32 Å². The minimum atomic E-state index is -2.05. The van der Waals surface area contributed by atoms with Gasteiger partial charge in [0.15, 0.2) is 31.3 Å². The molecular formula is C31H40CrO10Si. The van der Waals surface area contributed by atoms with Gasteiger partial charge in [-0.2, -0.15) is 0 Å². The molecule has 0 bridgehead atoms. The summed E-state index contributed by atoms with van der Waals surface area (Å²) in [6.07, 6.45) is 1.48. The van der Waals surface area contributed by atoms with Gasteiger partial charge in [0.1, 0.15) is 0 Å². The fraction of sp³-hybridized carbons (Fsp3) is 0.452.